The first kappa shape index (κ1) is 8.71. The summed E-state index contributed by atoms with van der Waals surface area (Å²) in [5.41, 5.74) is 0.962. The van der Waals surface area contributed by atoms with Crippen LogP contribution in [0.5, 0.6) is 0 Å². The molecule has 64 valence electrons. The summed E-state index contributed by atoms with van der Waals surface area (Å²) in [6.45, 7) is 6.97. The first-order chi connectivity index (χ1) is 5.20. The van der Waals surface area contributed by atoms with Gasteiger partial charge in [0, 0.05) is 0 Å². The van der Waals surface area contributed by atoms with E-state index in [0.29, 0.717) is 19.8 Å². The Labute approximate surface area is 66.6 Å². The van der Waals surface area contributed by atoms with Crippen molar-refractivity contribution in [2.45, 2.75) is 19.1 Å². The van der Waals surface area contributed by atoms with Crippen molar-refractivity contribution >= 4 is 0 Å². The second-order valence-corrected chi connectivity index (χ2v) is 2.91. The summed E-state index contributed by atoms with van der Waals surface area (Å²) >= 11 is 0. The number of aliphatic hydroxyl groups excluding tert-OH is 1. The average molecular weight is 158 g/mol. The zero-order valence-electron chi connectivity index (χ0n) is 6.75. The molecule has 3 nitrogen and oxygen atoms in total. The zero-order valence-corrected chi connectivity index (χ0v) is 6.75. The molecule has 0 bridgehead atoms. The summed E-state index contributed by atoms with van der Waals surface area (Å²) in [4.78, 5) is 0. The van der Waals surface area contributed by atoms with Gasteiger partial charge in [-0.3, -0.25) is 0 Å². The molecule has 0 radical (unpaired) electrons. The highest BCUT2D eigenvalue weighted by Gasteiger charge is 2.26. The van der Waals surface area contributed by atoms with E-state index in [-0.39, 0.29) is 6.10 Å². The van der Waals surface area contributed by atoms with E-state index in [1.54, 1.807) is 0 Å². The fourth-order valence-corrected chi connectivity index (χ4v) is 0.932. The summed E-state index contributed by atoms with van der Waals surface area (Å²) in [6.07, 6.45) is -0.624. The fraction of sp³-hybridized carbons (Fsp3) is 0.750. The van der Waals surface area contributed by atoms with Gasteiger partial charge in [-0.25, -0.2) is 0 Å². The maximum atomic E-state index is 9.22. The maximum Gasteiger partial charge on any atom is 0.109 e. The van der Waals surface area contributed by atoms with Gasteiger partial charge < -0.3 is 14.6 Å². The van der Waals surface area contributed by atoms with Crippen molar-refractivity contribution < 1.29 is 14.6 Å². The van der Waals surface area contributed by atoms with Crippen LogP contribution in [0.2, 0.25) is 0 Å². The molecule has 1 aliphatic heterocycles. The summed E-state index contributed by atoms with van der Waals surface area (Å²) in [6, 6.07) is 0. The van der Waals surface area contributed by atoms with Crippen molar-refractivity contribution in [3.05, 3.63) is 12.2 Å². The highest BCUT2D eigenvalue weighted by molar-refractivity contribution is 4.88. The van der Waals surface area contributed by atoms with Crippen LogP contribution in [0.4, 0.5) is 0 Å². The third-order valence-corrected chi connectivity index (χ3v) is 1.54. The minimum atomic E-state index is -0.464. The van der Waals surface area contributed by atoms with Crippen molar-refractivity contribution in [1.82, 2.24) is 0 Å². The van der Waals surface area contributed by atoms with E-state index in [2.05, 4.69) is 6.58 Å². The molecule has 0 aromatic rings. The predicted molar refractivity (Wildman–Crippen MR) is 41.4 cm³/mol. The molecule has 0 aromatic heterocycles. The second-order valence-electron chi connectivity index (χ2n) is 2.91. The monoisotopic (exact) mass is 158 g/mol. The van der Waals surface area contributed by atoms with Gasteiger partial charge in [-0.1, -0.05) is 12.2 Å². The molecule has 0 unspecified atom stereocenters. The molecule has 0 saturated carbocycles. The van der Waals surface area contributed by atoms with Gasteiger partial charge in [0.2, 0.25) is 0 Å². The van der Waals surface area contributed by atoms with Crippen LogP contribution in [0.1, 0.15) is 6.92 Å². The molecule has 1 aliphatic rings. The zero-order chi connectivity index (χ0) is 8.27. The molecule has 1 heterocycles. The molecular formula is C8H14O3. The fourth-order valence-electron chi connectivity index (χ4n) is 0.932. The SMILES string of the molecule is C=C(C)CO[C@@H]1COC[C@@H]1O. The van der Waals surface area contributed by atoms with E-state index in [1.165, 1.54) is 0 Å². The number of rotatable bonds is 3. The minimum Gasteiger partial charge on any atom is -0.388 e. The van der Waals surface area contributed by atoms with E-state index >= 15 is 0 Å². The first-order valence-electron chi connectivity index (χ1n) is 3.72. The molecular weight excluding hydrogens is 144 g/mol. The Kier molecular flexibility index (Phi) is 3.05. The van der Waals surface area contributed by atoms with Gasteiger partial charge in [0.05, 0.1) is 19.8 Å². The van der Waals surface area contributed by atoms with Crippen molar-refractivity contribution in [1.29, 1.82) is 0 Å². The van der Waals surface area contributed by atoms with Gasteiger partial charge in [0.15, 0.2) is 0 Å². The Balaban J connectivity index is 2.20. The van der Waals surface area contributed by atoms with Gasteiger partial charge in [-0.15, -0.1) is 0 Å². The summed E-state index contributed by atoms with van der Waals surface area (Å²) in [5, 5.41) is 9.22. The van der Waals surface area contributed by atoms with Crippen molar-refractivity contribution in [3.8, 4) is 0 Å². The van der Waals surface area contributed by atoms with E-state index < -0.39 is 6.10 Å². The van der Waals surface area contributed by atoms with Crippen LogP contribution in [-0.4, -0.2) is 37.1 Å². The highest BCUT2D eigenvalue weighted by atomic mass is 16.6. The van der Waals surface area contributed by atoms with Crippen molar-refractivity contribution in [3.63, 3.8) is 0 Å². The third kappa shape index (κ3) is 2.61. The molecule has 0 aromatic carbocycles. The molecule has 1 rings (SSSR count). The quantitative estimate of drug-likeness (QED) is 0.602. The van der Waals surface area contributed by atoms with Crippen LogP contribution in [0, 0.1) is 0 Å². The molecule has 2 atom stereocenters. The largest absolute Gasteiger partial charge is 0.388 e. The van der Waals surface area contributed by atoms with E-state index in [4.69, 9.17) is 9.47 Å². The molecule has 11 heavy (non-hydrogen) atoms. The maximum absolute atomic E-state index is 9.22. The van der Waals surface area contributed by atoms with Crippen LogP contribution < -0.4 is 0 Å². The normalized spacial score (nSPS) is 30.7. The topological polar surface area (TPSA) is 38.7 Å². The molecule has 1 saturated heterocycles. The van der Waals surface area contributed by atoms with Crippen molar-refractivity contribution in [2.75, 3.05) is 19.8 Å². The Hall–Kier alpha value is -0.380. The van der Waals surface area contributed by atoms with Gasteiger partial charge in [0.1, 0.15) is 12.2 Å². The lowest BCUT2D eigenvalue weighted by atomic mass is 10.2. The predicted octanol–water partition coefficient (Wildman–Crippen LogP) is 0.339. The smallest absolute Gasteiger partial charge is 0.109 e. The van der Waals surface area contributed by atoms with Crippen molar-refractivity contribution in [2.24, 2.45) is 0 Å². The van der Waals surface area contributed by atoms with Crippen LogP contribution in [0.25, 0.3) is 0 Å². The Bertz CT molecular complexity index is 144. The van der Waals surface area contributed by atoms with Crippen LogP contribution >= 0.6 is 0 Å². The minimum absolute atomic E-state index is 0.160. The highest BCUT2D eigenvalue weighted by Crippen LogP contribution is 2.09. The Morgan fingerprint density at radius 1 is 1.73 bits per heavy atom. The Morgan fingerprint density at radius 2 is 2.45 bits per heavy atom. The summed E-state index contributed by atoms with van der Waals surface area (Å²) in [5.74, 6) is 0. The molecule has 1 fully saturated rings. The lowest BCUT2D eigenvalue weighted by Gasteiger charge is -2.12. The van der Waals surface area contributed by atoms with E-state index in [0.717, 1.165) is 5.57 Å². The molecule has 3 heteroatoms. The third-order valence-electron chi connectivity index (χ3n) is 1.54. The number of hydrogen-bond acceptors (Lipinski definition) is 3. The summed E-state index contributed by atoms with van der Waals surface area (Å²) in [7, 11) is 0. The van der Waals surface area contributed by atoms with Gasteiger partial charge in [0.25, 0.3) is 0 Å². The van der Waals surface area contributed by atoms with E-state index in [9.17, 15) is 5.11 Å². The number of ether oxygens (including phenoxy) is 2. The molecule has 0 amide bonds. The Morgan fingerprint density at radius 3 is 2.91 bits per heavy atom. The molecule has 0 aliphatic carbocycles. The van der Waals surface area contributed by atoms with E-state index in [1.807, 2.05) is 6.92 Å². The lowest BCUT2D eigenvalue weighted by molar-refractivity contribution is 0.00103. The second kappa shape index (κ2) is 3.85. The molecule has 1 N–H and O–H groups in total. The average Bonchev–Trinajstić information content (AvgIpc) is 2.31. The van der Waals surface area contributed by atoms with Crippen LogP contribution in [0.3, 0.4) is 0 Å². The van der Waals surface area contributed by atoms with Crippen LogP contribution in [-0.2, 0) is 9.47 Å². The van der Waals surface area contributed by atoms with Gasteiger partial charge >= 0.3 is 0 Å². The first-order valence-corrected chi connectivity index (χ1v) is 3.72. The number of aliphatic hydroxyl groups is 1. The number of hydrogen-bond donors (Lipinski definition) is 1. The lowest BCUT2D eigenvalue weighted by Crippen LogP contribution is -2.27. The molecule has 0 spiro atoms. The van der Waals surface area contributed by atoms with Gasteiger partial charge in [-0.2, -0.15) is 0 Å². The standard InChI is InChI=1S/C8H14O3/c1-6(2)3-11-8-5-10-4-7(8)9/h7-9H,1,3-5H2,2H3/t7-,8+/m0/s1. The van der Waals surface area contributed by atoms with Gasteiger partial charge in [-0.05, 0) is 6.92 Å². The summed E-state index contributed by atoms with van der Waals surface area (Å²) < 4.78 is 10.3. The van der Waals surface area contributed by atoms with Crippen LogP contribution in [0.15, 0.2) is 12.2 Å².